The van der Waals surface area contributed by atoms with Crippen molar-refractivity contribution in [3.05, 3.63) is 48.0 Å². The molecule has 0 spiro atoms. The lowest BCUT2D eigenvalue weighted by Gasteiger charge is -2.12. The maximum absolute atomic E-state index is 3.47. The van der Waals surface area contributed by atoms with Crippen molar-refractivity contribution in [1.29, 1.82) is 0 Å². The summed E-state index contributed by atoms with van der Waals surface area (Å²) < 4.78 is 0. The van der Waals surface area contributed by atoms with E-state index in [1.54, 1.807) is 0 Å². The van der Waals surface area contributed by atoms with Gasteiger partial charge in [-0.25, -0.2) is 0 Å². The van der Waals surface area contributed by atoms with E-state index in [0.29, 0.717) is 12.0 Å². The van der Waals surface area contributed by atoms with Crippen LogP contribution in [0.15, 0.2) is 42.5 Å². The first kappa shape index (κ1) is 12.0. The van der Waals surface area contributed by atoms with Gasteiger partial charge in [-0.2, -0.15) is 0 Å². The SMILES string of the molecule is CC(C)/C=C\CN[C@@H](C)c1ccccc1. The van der Waals surface area contributed by atoms with Crippen LogP contribution in [0.4, 0.5) is 0 Å². The van der Waals surface area contributed by atoms with E-state index in [1.165, 1.54) is 5.56 Å². The van der Waals surface area contributed by atoms with Crippen molar-refractivity contribution in [2.24, 2.45) is 5.92 Å². The molecule has 1 heteroatoms. The molecule has 0 aliphatic rings. The Hall–Kier alpha value is -1.08. The van der Waals surface area contributed by atoms with Crippen LogP contribution in [0.25, 0.3) is 0 Å². The highest BCUT2D eigenvalue weighted by Crippen LogP contribution is 2.10. The maximum atomic E-state index is 3.47. The predicted octanol–water partition coefficient (Wildman–Crippen LogP) is 3.55. The molecule has 1 aromatic carbocycles. The third-order valence-corrected chi connectivity index (χ3v) is 2.36. The van der Waals surface area contributed by atoms with E-state index in [1.807, 2.05) is 0 Å². The smallest absolute Gasteiger partial charge is 0.0294 e. The third-order valence-electron chi connectivity index (χ3n) is 2.36. The Morgan fingerprint density at radius 3 is 2.40 bits per heavy atom. The molecule has 0 aliphatic heterocycles. The van der Waals surface area contributed by atoms with Crippen LogP contribution in [0.5, 0.6) is 0 Å². The summed E-state index contributed by atoms with van der Waals surface area (Å²) in [6, 6.07) is 10.9. The minimum atomic E-state index is 0.419. The molecule has 1 nitrogen and oxygen atoms in total. The topological polar surface area (TPSA) is 12.0 Å². The van der Waals surface area contributed by atoms with Crippen molar-refractivity contribution >= 4 is 0 Å². The molecule has 1 N–H and O–H groups in total. The molecule has 0 saturated carbocycles. The van der Waals surface area contributed by atoms with Gasteiger partial charge in [-0.3, -0.25) is 0 Å². The average molecular weight is 203 g/mol. The highest BCUT2D eigenvalue weighted by atomic mass is 14.9. The maximum Gasteiger partial charge on any atom is 0.0294 e. The van der Waals surface area contributed by atoms with Crippen LogP contribution in [-0.2, 0) is 0 Å². The Morgan fingerprint density at radius 2 is 1.80 bits per heavy atom. The highest BCUT2D eigenvalue weighted by Gasteiger charge is 2.00. The van der Waals surface area contributed by atoms with Gasteiger partial charge in [-0.1, -0.05) is 56.3 Å². The van der Waals surface area contributed by atoms with Gasteiger partial charge in [-0.05, 0) is 18.4 Å². The fraction of sp³-hybridized carbons (Fsp3) is 0.429. The zero-order chi connectivity index (χ0) is 11.1. The number of hydrogen-bond acceptors (Lipinski definition) is 1. The molecule has 1 atom stereocenters. The molecule has 1 rings (SSSR count). The molecule has 0 aromatic heterocycles. The van der Waals surface area contributed by atoms with Crippen LogP contribution in [0.3, 0.4) is 0 Å². The average Bonchev–Trinajstić information content (AvgIpc) is 2.25. The molecule has 1 aromatic rings. The van der Waals surface area contributed by atoms with Gasteiger partial charge in [0.15, 0.2) is 0 Å². The lowest BCUT2D eigenvalue weighted by Crippen LogP contribution is -2.18. The summed E-state index contributed by atoms with van der Waals surface area (Å²) in [5.74, 6) is 0.638. The largest absolute Gasteiger partial charge is 0.307 e. The Balaban J connectivity index is 2.34. The summed E-state index contributed by atoms with van der Waals surface area (Å²) in [7, 11) is 0. The molecule has 15 heavy (non-hydrogen) atoms. The first-order valence-electron chi connectivity index (χ1n) is 5.65. The van der Waals surface area contributed by atoms with Crippen LogP contribution in [0.1, 0.15) is 32.4 Å². The zero-order valence-electron chi connectivity index (χ0n) is 9.90. The molecule has 0 bridgehead atoms. The van der Waals surface area contributed by atoms with Crippen molar-refractivity contribution in [3.63, 3.8) is 0 Å². The summed E-state index contributed by atoms with van der Waals surface area (Å²) in [5.41, 5.74) is 1.34. The van der Waals surface area contributed by atoms with Gasteiger partial charge in [-0.15, -0.1) is 0 Å². The third kappa shape index (κ3) is 4.80. The first-order chi connectivity index (χ1) is 7.20. The number of nitrogens with one attached hydrogen (secondary N) is 1. The summed E-state index contributed by atoms with van der Waals surface area (Å²) in [6.45, 7) is 7.51. The normalized spacial score (nSPS) is 13.6. The van der Waals surface area contributed by atoms with Gasteiger partial charge < -0.3 is 5.32 Å². The monoisotopic (exact) mass is 203 g/mol. The van der Waals surface area contributed by atoms with E-state index in [4.69, 9.17) is 0 Å². The van der Waals surface area contributed by atoms with E-state index < -0.39 is 0 Å². The van der Waals surface area contributed by atoms with Crippen LogP contribution >= 0.6 is 0 Å². The lowest BCUT2D eigenvalue weighted by molar-refractivity contribution is 0.615. The van der Waals surface area contributed by atoms with E-state index in [-0.39, 0.29) is 0 Å². The second kappa shape index (κ2) is 6.41. The highest BCUT2D eigenvalue weighted by molar-refractivity contribution is 5.18. The van der Waals surface area contributed by atoms with Gasteiger partial charge in [0, 0.05) is 12.6 Å². The number of hydrogen-bond donors (Lipinski definition) is 1. The fourth-order valence-corrected chi connectivity index (χ4v) is 1.44. The van der Waals surface area contributed by atoms with Crippen LogP contribution in [0.2, 0.25) is 0 Å². The number of rotatable bonds is 5. The first-order valence-corrected chi connectivity index (χ1v) is 5.65. The molecule has 82 valence electrons. The van der Waals surface area contributed by atoms with E-state index >= 15 is 0 Å². The molecule has 0 heterocycles. The molecule has 0 radical (unpaired) electrons. The summed E-state index contributed by atoms with van der Waals surface area (Å²) in [6.07, 6.45) is 4.43. The minimum Gasteiger partial charge on any atom is -0.307 e. The molecule has 0 unspecified atom stereocenters. The number of allylic oxidation sites excluding steroid dienone is 1. The van der Waals surface area contributed by atoms with Crippen LogP contribution < -0.4 is 5.32 Å². The predicted molar refractivity (Wildman–Crippen MR) is 66.8 cm³/mol. The Kier molecular flexibility index (Phi) is 5.13. The van der Waals surface area contributed by atoms with Gasteiger partial charge in [0.1, 0.15) is 0 Å². The second-order valence-electron chi connectivity index (χ2n) is 4.21. The van der Waals surface area contributed by atoms with Gasteiger partial charge in [0.2, 0.25) is 0 Å². The molecular formula is C14H21N. The summed E-state index contributed by atoms with van der Waals surface area (Å²) in [4.78, 5) is 0. The Bertz CT molecular complexity index is 287. The molecule has 0 fully saturated rings. The summed E-state index contributed by atoms with van der Waals surface area (Å²) in [5, 5.41) is 3.47. The van der Waals surface area contributed by atoms with Crippen molar-refractivity contribution in [2.75, 3.05) is 6.54 Å². The van der Waals surface area contributed by atoms with Crippen molar-refractivity contribution < 1.29 is 0 Å². The van der Waals surface area contributed by atoms with Crippen molar-refractivity contribution in [1.82, 2.24) is 5.32 Å². The van der Waals surface area contributed by atoms with Crippen molar-refractivity contribution in [2.45, 2.75) is 26.8 Å². The van der Waals surface area contributed by atoms with Crippen LogP contribution in [0, 0.1) is 5.92 Å². The van der Waals surface area contributed by atoms with Gasteiger partial charge in [0.05, 0.1) is 0 Å². The number of benzene rings is 1. The lowest BCUT2D eigenvalue weighted by atomic mass is 10.1. The van der Waals surface area contributed by atoms with Crippen molar-refractivity contribution in [3.8, 4) is 0 Å². The molecule has 0 amide bonds. The van der Waals surface area contributed by atoms with Gasteiger partial charge >= 0.3 is 0 Å². The molecular weight excluding hydrogens is 182 g/mol. The molecule has 0 aliphatic carbocycles. The fourth-order valence-electron chi connectivity index (χ4n) is 1.44. The zero-order valence-corrected chi connectivity index (χ0v) is 9.90. The Labute approximate surface area is 93.2 Å². The molecule has 0 saturated heterocycles. The van der Waals surface area contributed by atoms with E-state index in [2.05, 4.69) is 68.6 Å². The van der Waals surface area contributed by atoms with E-state index in [9.17, 15) is 0 Å². The minimum absolute atomic E-state index is 0.419. The second-order valence-corrected chi connectivity index (χ2v) is 4.21. The quantitative estimate of drug-likeness (QED) is 0.722. The Morgan fingerprint density at radius 1 is 1.13 bits per heavy atom. The summed E-state index contributed by atoms with van der Waals surface area (Å²) >= 11 is 0. The van der Waals surface area contributed by atoms with E-state index in [0.717, 1.165) is 6.54 Å². The standard InChI is InChI=1S/C14H21N/c1-12(2)8-7-11-15-13(3)14-9-5-4-6-10-14/h4-10,12-13,15H,11H2,1-3H3/b8-7-/t13-/m0/s1. The van der Waals surface area contributed by atoms with Crippen LogP contribution in [-0.4, -0.2) is 6.54 Å². The van der Waals surface area contributed by atoms with Gasteiger partial charge in [0.25, 0.3) is 0 Å².